The number of nitrogens with one attached hydrogen (secondary N) is 1. The lowest BCUT2D eigenvalue weighted by atomic mass is 10.0. The van der Waals surface area contributed by atoms with Crippen LogP contribution < -0.4 is 0 Å². The summed E-state index contributed by atoms with van der Waals surface area (Å²) in [7, 11) is 0. The molecular formula is C19H12ClN. The van der Waals surface area contributed by atoms with E-state index in [2.05, 4.69) is 47.4 Å². The third-order valence-corrected chi connectivity index (χ3v) is 4.71. The van der Waals surface area contributed by atoms with Crippen LogP contribution in [0.2, 0.25) is 5.02 Å². The van der Waals surface area contributed by atoms with Crippen LogP contribution >= 0.6 is 11.6 Å². The van der Waals surface area contributed by atoms with Crippen LogP contribution in [0.4, 0.5) is 0 Å². The highest BCUT2D eigenvalue weighted by Gasteiger charge is 2.19. The average molecular weight is 290 g/mol. The lowest BCUT2D eigenvalue weighted by Gasteiger charge is -2.01. The highest BCUT2D eigenvalue weighted by atomic mass is 35.5. The first-order valence-electron chi connectivity index (χ1n) is 7.12. The lowest BCUT2D eigenvalue weighted by Crippen LogP contribution is -1.80. The molecule has 0 amide bonds. The summed E-state index contributed by atoms with van der Waals surface area (Å²) in [6, 6.07) is 19.3. The number of H-pyrrole nitrogens is 1. The van der Waals surface area contributed by atoms with Gasteiger partial charge in [0.2, 0.25) is 0 Å². The van der Waals surface area contributed by atoms with Gasteiger partial charge in [0.05, 0.1) is 0 Å². The Balaban J connectivity index is 1.88. The van der Waals surface area contributed by atoms with Gasteiger partial charge in [-0.25, -0.2) is 0 Å². The van der Waals surface area contributed by atoms with Crippen molar-refractivity contribution in [1.29, 1.82) is 0 Å². The van der Waals surface area contributed by atoms with Gasteiger partial charge in [0.1, 0.15) is 0 Å². The van der Waals surface area contributed by atoms with Gasteiger partial charge in [0.15, 0.2) is 0 Å². The number of benzene rings is 3. The summed E-state index contributed by atoms with van der Waals surface area (Å²) >= 11 is 6.09. The van der Waals surface area contributed by atoms with Gasteiger partial charge in [-0.2, -0.15) is 0 Å². The zero-order valence-corrected chi connectivity index (χ0v) is 12.0. The summed E-state index contributed by atoms with van der Waals surface area (Å²) in [6.45, 7) is 0. The lowest BCUT2D eigenvalue weighted by molar-refractivity contribution is 1.27. The fourth-order valence-corrected chi connectivity index (χ4v) is 3.68. The summed E-state index contributed by atoms with van der Waals surface area (Å²) in [5.41, 5.74) is 7.87. The quantitative estimate of drug-likeness (QED) is 0.385. The molecule has 1 nitrogen and oxygen atoms in total. The second kappa shape index (κ2) is 3.90. The summed E-state index contributed by atoms with van der Waals surface area (Å²) in [4.78, 5) is 3.49. The van der Waals surface area contributed by atoms with Crippen molar-refractivity contribution in [3.63, 3.8) is 0 Å². The van der Waals surface area contributed by atoms with Gasteiger partial charge in [0, 0.05) is 26.8 Å². The maximum Gasteiger partial charge on any atom is 0.0479 e. The van der Waals surface area contributed by atoms with Crippen molar-refractivity contribution in [2.45, 2.75) is 6.42 Å². The normalized spacial score (nSPS) is 12.8. The van der Waals surface area contributed by atoms with Gasteiger partial charge < -0.3 is 4.98 Å². The van der Waals surface area contributed by atoms with E-state index in [1.165, 1.54) is 38.5 Å². The van der Waals surface area contributed by atoms with Crippen molar-refractivity contribution in [3.05, 3.63) is 70.7 Å². The van der Waals surface area contributed by atoms with Crippen LogP contribution in [0.15, 0.2) is 54.6 Å². The van der Waals surface area contributed by atoms with E-state index in [0.29, 0.717) is 0 Å². The first-order chi connectivity index (χ1) is 10.3. The molecule has 0 fully saturated rings. The smallest absolute Gasteiger partial charge is 0.0479 e. The Bertz CT molecular complexity index is 1030. The van der Waals surface area contributed by atoms with Gasteiger partial charge in [-0.1, -0.05) is 41.9 Å². The molecule has 3 aromatic carbocycles. The van der Waals surface area contributed by atoms with Gasteiger partial charge in [-0.3, -0.25) is 0 Å². The molecule has 0 radical (unpaired) electrons. The highest BCUT2D eigenvalue weighted by molar-refractivity contribution is 6.31. The molecule has 0 aliphatic heterocycles. The molecule has 1 heterocycles. The third kappa shape index (κ3) is 1.52. The summed E-state index contributed by atoms with van der Waals surface area (Å²) in [5, 5.41) is 3.28. The Kier molecular flexibility index (Phi) is 2.12. The minimum Gasteiger partial charge on any atom is -0.354 e. The van der Waals surface area contributed by atoms with E-state index in [1.54, 1.807) is 0 Å². The van der Waals surface area contributed by atoms with Gasteiger partial charge in [-0.05, 0) is 52.9 Å². The molecule has 4 aromatic rings. The van der Waals surface area contributed by atoms with E-state index in [1.807, 2.05) is 12.1 Å². The second-order valence-electron chi connectivity index (χ2n) is 5.70. The molecule has 0 saturated carbocycles. The predicted octanol–water partition coefficient (Wildman–Crippen LogP) is 5.55. The van der Waals surface area contributed by atoms with Gasteiger partial charge in [-0.15, -0.1) is 0 Å². The summed E-state index contributed by atoms with van der Waals surface area (Å²) in [6.07, 6.45) is 1.03. The fraction of sp³-hybridized carbons (Fsp3) is 0.0526. The number of aromatic nitrogens is 1. The Labute approximate surface area is 127 Å². The number of halogens is 1. The zero-order chi connectivity index (χ0) is 14.0. The van der Waals surface area contributed by atoms with Crippen molar-refractivity contribution in [1.82, 2.24) is 4.98 Å². The molecular weight excluding hydrogens is 278 g/mol. The molecule has 0 saturated heterocycles. The predicted molar refractivity (Wildman–Crippen MR) is 89.1 cm³/mol. The van der Waals surface area contributed by atoms with E-state index >= 15 is 0 Å². The van der Waals surface area contributed by atoms with E-state index < -0.39 is 0 Å². The molecule has 0 spiro atoms. The molecule has 0 bridgehead atoms. The topological polar surface area (TPSA) is 15.8 Å². The van der Waals surface area contributed by atoms with Crippen LogP contribution in [-0.2, 0) is 6.42 Å². The largest absolute Gasteiger partial charge is 0.354 e. The Hall–Kier alpha value is -2.25. The molecule has 2 heteroatoms. The van der Waals surface area contributed by atoms with E-state index in [9.17, 15) is 0 Å². The molecule has 1 N–H and O–H groups in total. The van der Waals surface area contributed by atoms with Crippen molar-refractivity contribution in [3.8, 4) is 11.1 Å². The highest BCUT2D eigenvalue weighted by Crippen LogP contribution is 2.40. The molecule has 1 aliphatic carbocycles. The standard InChI is InChI=1S/C19H12ClN/c20-13-5-6-15-17-10-16-12(8-18(17)21-19(15)9-13)7-11-3-1-2-4-14(11)16/h1-6,8-10,21H,7H2. The minimum absolute atomic E-state index is 0.770. The van der Waals surface area contributed by atoms with E-state index in [0.717, 1.165) is 17.0 Å². The molecule has 21 heavy (non-hydrogen) atoms. The fourth-order valence-electron chi connectivity index (χ4n) is 3.51. The molecule has 0 unspecified atom stereocenters. The van der Waals surface area contributed by atoms with Crippen LogP contribution in [-0.4, -0.2) is 4.98 Å². The van der Waals surface area contributed by atoms with Crippen molar-refractivity contribution in [2.24, 2.45) is 0 Å². The van der Waals surface area contributed by atoms with Crippen molar-refractivity contribution >= 4 is 33.4 Å². The van der Waals surface area contributed by atoms with Crippen LogP contribution in [0, 0.1) is 0 Å². The number of hydrogen-bond acceptors (Lipinski definition) is 0. The Morgan fingerprint density at radius 3 is 2.57 bits per heavy atom. The number of hydrogen-bond donors (Lipinski definition) is 1. The first kappa shape index (κ1) is 11.4. The summed E-state index contributed by atoms with van der Waals surface area (Å²) < 4.78 is 0. The summed E-state index contributed by atoms with van der Waals surface area (Å²) in [5.74, 6) is 0. The number of aromatic amines is 1. The average Bonchev–Trinajstić information content (AvgIpc) is 3.01. The third-order valence-electron chi connectivity index (χ3n) is 4.47. The maximum atomic E-state index is 6.09. The van der Waals surface area contributed by atoms with Crippen LogP contribution in [0.25, 0.3) is 32.9 Å². The zero-order valence-electron chi connectivity index (χ0n) is 11.3. The van der Waals surface area contributed by atoms with Crippen molar-refractivity contribution < 1.29 is 0 Å². The minimum atomic E-state index is 0.770. The van der Waals surface area contributed by atoms with Crippen LogP contribution in [0.1, 0.15) is 11.1 Å². The molecule has 100 valence electrons. The van der Waals surface area contributed by atoms with Crippen LogP contribution in [0.3, 0.4) is 0 Å². The second-order valence-corrected chi connectivity index (χ2v) is 6.14. The molecule has 1 aliphatic rings. The Morgan fingerprint density at radius 1 is 0.762 bits per heavy atom. The monoisotopic (exact) mass is 289 g/mol. The SMILES string of the molecule is Clc1ccc2c(c1)[nH]c1cc3c(cc12)-c1ccccc1C3. The van der Waals surface area contributed by atoms with Crippen molar-refractivity contribution in [2.75, 3.05) is 0 Å². The van der Waals surface area contributed by atoms with E-state index in [-0.39, 0.29) is 0 Å². The van der Waals surface area contributed by atoms with E-state index in [4.69, 9.17) is 11.6 Å². The van der Waals surface area contributed by atoms with Gasteiger partial charge >= 0.3 is 0 Å². The molecule has 0 atom stereocenters. The number of rotatable bonds is 0. The maximum absolute atomic E-state index is 6.09. The molecule has 5 rings (SSSR count). The number of fused-ring (bicyclic) bond motifs is 6. The Morgan fingerprint density at radius 2 is 1.62 bits per heavy atom. The first-order valence-corrected chi connectivity index (χ1v) is 7.49. The van der Waals surface area contributed by atoms with Crippen LogP contribution in [0.5, 0.6) is 0 Å². The van der Waals surface area contributed by atoms with Gasteiger partial charge in [0.25, 0.3) is 0 Å². The molecule has 1 aromatic heterocycles.